The molecule has 2 N–H and O–H groups in total. The van der Waals surface area contributed by atoms with Crippen LogP contribution < -0.4 is 5.32 Å². The second-order valence-corrected chi connectivity index (χ2v) is 10.2. The van der Waals surface area contributed by atoms with Crippen LogP contribution in [0.1, 0.15) is 72.6 Å². The Balaban J connectivity index is 1.73. The number of hydrogen-bond donors (Lipinski definition) is 2. The topological polar surface area (TPSA) is 116 Å². The number of hydrogen-bond acceptors (Lipinski definition) is 5. The van der Waals surface area contributed by atoms with Crippen molar-refractivity contribution in [1.29, 1.82) is 0 Å². The molecule has 182 valence electrons. The molecule has 0 unspecified atom stereocenters. The Morgan fingerprint density at radius 1 is 1.12 bits per heavy atom. The van der Waals surface area contributed by atoms with Crippen molar-refractivity contribution in [1.82, 2.24) is 15.1 Å². The number of ether oxygens (including phenoxy) is 1. The molecule has 2 heterocycles. The van der Waals surface area contributed by atoms with E-state index in [1.165, 1.54) is 0 Å². The molecule has 3 amide bonds. The first kappa shape index (κ1) is 25.9. The third kappa shape index (κ3) is 8.67. The predicted octanol–water partition coefficient (Wildman–Crippen LogP) is 2.63. The van der Waals surface area contributed by atoms with Crippen LogP contribution in [0.3, 0.4) is 0 Å². The number of aliphatic carboxylic acids is 1. The summed E-state index contributed by atoms with van der Waals surface area (Å²) in [5.41, 5.74) is -0.494. The summed E-state index contributed by atoms with van der Waals surface area (Å²) in [4.78, 5) is 51.4. The largest absolute Gasteiger partial charge is 0.481 e. The van der Waals surface area contributed by atoms with Crippen LogP contribution in [-0.2, 0) is 19.1 Å². The van der Waals surface area contributed by atoms with Crippen LogP contribution in [-0.4, -0.2) is 76.6 Å². The lowest BCUT2D eigenvalue weighted by molar-refractivity contribution is -0.143. The molecule has 9 heteroatoms. The quantitative estimate of drug-likeness (QED) is 0.584. The smallest absolute Gasteiger partial charge is 0.410 e. The van der Waals surface area contributed by atoms with Gasteiger partial charge in [-0.15, -0.1) is 0 Å². The maximum absolute atomic E-state index is 12.9. The van der Waals surface area contributed by atoms with E-state index in [2.05, 4.69) is 5.32 Å². The van der Waals surface area contributed by atoms with Crippen molar-refractivity contribution >= 4 is 23.9 Å². The number of carboxylic acid groups (broad SMARTS) is 1. The highest BCUT2D eigenvalue weighted by Gasteiger charge is 2.32. The summed E-state index contributed by atoms with van der Waals surface area (Å²) in [5, 5.41) is 11.5. The fourth-order valence-electron chi connectivity index (χ4n) is 4.42. The lowest BCUT2D eigenvalue weighted by Crippen LogP contribution is -2.48. The number of likely N-dealkylation sites (tertiary alicyclic amines) is 2. The zero-order valence-corrected chi connectivity index (χ0v) is 19.9. The summed E-state index contributed by atoms with van der Waals surface area (Å²) < 4.78 is 5.44. The Labute approximate surface area is 190 Å². The normalized spacial score (nSPS) is 21.2. The van der Waals surface area contributed by atoms with Gasteiger partial charge >= 0.3 is 12.1 Å². The van der Waals surface area contributed by atoms with E-state index < -0.39 is 17.6 Å². The fourth-order valence-corrected chi connectivity index (χ4v) is 4.42. The second kappa shape index (κ2) is 11.5. The van der Waals surface area contributed by atoms with Crippen LogP contribution in [0.15, 0.2) is 0 Å². The summed E-state index contributed by atoms with van der Waals surface area (Å²) >= 11 is 0. The molecule has 2 atom stereocenters. The van der Waals surface area contributed by atoms with Crippen LogP contribution in [0.4, 0.5) is 4.79 Å². The van der Waals surface area contributed by atoms with E-state index in [1.807, 2.05) is 20.8 Å². The minimum absolute atomic E-state index is 0.0171. The maximum atomic E-state index is 12.9. The summed E-state index contributed by atoms with van der Waals surface area (Å²) in [6, 6.07) is -0.470. The maximum Gasteiger partial charge on any atom is 0.410 e. The molecule has 0 saturated carbocycles. The zero-order valence-electron chi connectivity index (χ0n) is 19.9. The minimum atomic E-state index is -0.969. The Morgan fingerprint density at radius 3 is 2.38 bits per heavy atom. The Hall–Kier alpha value is -2.32. The van der Waals surface area contributed by atoms with Gasteiger partial charge in [-0.2, -0.15) is 0 Å². The van der Waals surface area contributed by atoms with E-state index in [1.54, 1.807) is 16.7 Å². The van der Waals surface area contributed by atoms with E-state index in [0.717, 1.165) is 38.5 Å². The molecule has 0 radical (unpaired) electrons. The number of amides is 3. The Kier molecular flexibility index (Phi) is 9.33. The van der Waals surface area contributed by atoms with Gasteiger partial charge in [0.25, 0.3) is 0 Å². The highest BCUT2D eigenvalue weighted by atomic mass is 16.6. The molecule has 0 aromatic carbocycles. The first-order valence-corrected chi connectivity index (χ1v) is 11.7. The molecule has 32 heavy (non-hydrogen) atoms. The number of nitrogens with one attached hydrogen (secondary N) is 1. The monoisotopic (exact) mass is 453 g/mol. The van der Waals surface area contributed by atoms with Crippen LogP contribution in [0, 0.1) is 11.8 Å². The van der Waals surface area contributed by atoms with E-state index in [-0.39, 0.29) is 36.8 Å². The van der Waals surface area contributed by atoms with E-state index in [9.17, 15) is 19.2 Å². The van der Waals surface area contributed by atoms with Crippen molar-refractivity contribution in [3.05, 3.63) is 0 Å². The van der Waals surface area contributed by atoms with Gasteiger partial charge in [-0.3, -0.25) is 14.4 Å². The van der Waals surface area contributed by atoms with Crippen LogP contribution in [0.5, 0.6) is 0 Å². The van der Waals surface area contributed by atoms with Gasteiger partial charge in [-0.1, -0.05) is 0 Å². The molecule has 2 rings (SSSR count). The van der Waals surface area contributed by atoms with Crippen molar-refractivity contribution in [2.24, 2.45) is 11.8 Å². The third-order valence-corrected chi connectivity index (χ3v) is 6.05. The van der Waals surface area contributed by atoms with Crippen molar-refractivity contribution < 1.29 is 29.0 Å². The average Bonchev–Trinajstić information content (AvgIpc) is 2.67. The van der Waals surface area contributed by atoms with Crippen molar-refractivity contribution in [2.75, 3.05) is 26.2 Å². The number of piperidine rings is 2. The summed E-state index contributed by atoms with van der Waals surface area (Å²) in [7, 11) is 0. The summed E-state index contributed by atoms with van der Waals surface area (Å²) in [6.07, 6.45) is 4.85. The number of carbonyl (C=O) groups excluding carboxylic acids is 3. The molecule has 2 aliphatic heterocycles. The molecular weight excluding hydrogens is 414 g/mol. The molecule has 2 fully saturated rings. The molecule has 0 aromatic heterocycles. The first-order chi connectivity index (χ1) is 14.9. The number of carbonyl (C=O) groups is 4. The van der Waals surface area contributed by atoms with Gasteiger partial charge in [-0.05, 0) is 72.1 Å². The summed E-state index contributed by atoms with van der Waals surface area (Å²) in [6.45, 7) is 9.13. The van der Waals surface area contributed by atoms with Crippen molar-refractivity contribution in [3.8, 4) is 0 Å². The SMILES string of the molecule is C[C@@H](CC(=O)O)NC(=O)CN1CCC[C@@H](CCC2CCN(C(=O)OC(C)(C)C)CC2)C1=O. The molecule has 2 aliphatic rings. The molecule has 0 spiro atoms. The van der Waals surface area contributed by atoms with Crippen LogP contribution in [0.25, 0.3) is 0 Å². The zero-order chi connectivity index (χ0) is 23.9. The van der Waals surface area contributed by atoms with Gasteiger partial charge in [0, 0.05) is 31.6 Å². The average molecular weight is 454 g/mol. The lowest BCUT2D eigenvalue weighted by Gasteiger charge is -2.35. The van der Waals surface area contributed by atoms with E-state index in [0.29, 0.717) is 25.6 Å². The minimum Gasteiger partial charge on any atom is -0.481 e. The molecule has 0 aromatic rings. The predicted molar refractivity (Wildman–Crippen MR) is 119 cm³/mol. The first-order valence-electron chi connectivity index (χ1n) is 11.7. The van der Waals surface area contributed by atoms with Gasteiger partial charge < -0.3 is 25.0 Å². The Morgan fingerprint density at radius 2 is 1.78 bits per heavy atom. The standard InChI is InChI=1S/C23H39N3O6/c1-16(14-20(28)29)24-19(27)15-26-11-5-6-18(21(26)30)8-7-17-9-12-25(13-10-17)22(31)32-23(2,3)4/h16-18H,5-15H2,1-4H3,(H,24,27)(H,28,29)/t16-,18-/m0/s1. The van der Waals surface area contributed by atoms with Crippen LogP contribution >= 0.6 is 0 Å². The van der Waals surface area contributed by atoms with Crippen molar-refractivity contribution in [2.45, 2.75) is 84.3 Å². The van der Waals surface area contributed by atoms with Gasteiger partial charge in [0.2, 0.25) is 11.8 Å². The lowest BCUT2D eigenvalue weighted by atomic mass is 9.85. The second-order valence-electron chi connectivity index (χ2n) is 10.2. The molecule has 9 nitrogen and oxygen atoms in total. The van der Waals surface area contributed by atoms with Gasteiger partial charge in [0.05, 0.1) is 13.0 Å². The van der Waals surface area contributed by atoms with E-state index in [4.69, 9.17) is 9.84 Å². The van der Waals surface area contributed by atoms with Gasteiger partial charge in [-0.25, -0.2) is 4.79 Å². The highest BCUT2D eigenvalue weighted by molar-refractivity contribution is 5.86. The number of carboxylic acids is 1. The Bertz CT molecular complexity index is 682. The van der Waals surface area contributed by atoms with Crippen molar-refractivity contribution in [3.63, 3.8) is 0 Å². The molecular formula is C23H39N3O6. The third-order valence-electron chi connectivity index (χ3n) is 6.05. The van der Waals surface area contributed by atoms with Gasteiger partial charge in [0.15, 0.2) is 0 Å². The highest BCUT2D eigenvalue weighted by Crippen LogP contribution is 2.29. The van der Waals surface area contributed by atoms with Gasteiger partial charge in [0.1, 0.15) is 5.60 Å². The molecule has 0 bridgehead atoms. The molecule has 2 saturated heterocycles. The van der Waals surface area contributed by atoms with Crippen LogP contribution in [0.2, 0.25) is 0 Å². The number of nitrogens with zero attached hydrogens (tertiary/aromatic N) is 2. The number of rotatable bonds is 8. The molecule has 0 aliphatic carbocycles. The summed E-state index contributed by atoms with van der Waals surface area (Å²) in [5.74, 6) is -0.858. The van der Waals surface area contributed by atoms with E-state index >= 15 is 0 Å². The fraction of sp³-hybridized carbons (Fsp3) is 0.826.